The smallest absolute Gasteiger partial charge is 0.355 e. The highest BCUT2D eigenvalue weighted by atomic mass is 35.5. The lowest BCUT2D eigenvalue weighted by molar-refractivity contribution is 0.0518. The number of aromatic amines is 1. The monoisotopic (exact) mass is 269 g/mol. The van der Waals surface area contributed by atoms with Crippen molar-refractivity contribution < 1.29 is 18.7 Å². The average molecular weight is 270 g/mol. The second kappa shape index (κ2) is 4.78. The van der Waals surface area contributed by atoms with E-state index in [0.29, 0.717) is 11.8 Å². The van der Waals surface area contributed by atoms with Gasteiger partial charge >= 0.3 is 5.97 Å². The summed E-state index contributed by atoms with van der Waals surface area (Å²) in [6.45, 7) is 1.82. The Hall–Kier alpha value is -1.88. The lowest BCUT2D eigenvalue weighted by Crippen LogP contribution is -2.07. The Balaban J connectivity index is 2.72. The van der Waals surface area contributed by atoms with Gasteiger partial charge in [-0.15, -0.1) is 0 Å². The number of aldehydes is 1. The maximum absolute atomic E-state index is 13.2. The van der Waals surface area contributed by atoms with E-state index in [-0.39, 0.29) is 28.3 Å². The number of hydrogen-bond acceptors (Lipinski definition) is 3. The molecule has 0 radical (unpaired) electrons. The molecular weight excluding hydrogens is 261 g/mol. The van der Waals surface area contributed by atoms with Crippen LogP contribution in [0.1, 0.15) is 27.8 Å². The van der Waals surface area contributed by atoms with Crippen LogP contribution in [-0.2, 0) is 4.74 Å². The molecular formula is C12H9ClFNO3. The largest absolute Gasteiger partial charge is 0.461 e. The number of fused-ring (bicyclic) bond motifs is 1. The number of carbonyl (C=O) groups is 2. The second-order valence-corrected chi connectivity index (χ2v) is 3.97. The quantitative estimate of drug-likeness (QED) is 0.688. The van der Waals surface area contributed by atoms with Gasteiger partial charge in [-0.2, -0.15) is 0 Å². The zero-order valence-corrected chi connectivity index (χ0v) is 10.2. The molecule has 0 aliphatic heterocycles. The third kappa shape index (κ3) is 1.97. The summed E-state index contributed by atoms with van der Waals surface area (Å²) < 4.78 is 18.0. The SMILES string of the molecule is CCOC(=O)c1[nH]c2c(Cl)cc(F)cc2c1C=O. The number of aromatic nitrogens is 1. The van der Waals surface area contributed by atoms with Crippen LogP contribution in [0.15, 0.2) is 12.1 Å². The summed E-state index contributed by atoms with van der Waals surface area (Å²) in [7, 11) is 0. The standard InChI is InChI=1S/C12H9ClFNO3/c1-2-18-12(17)11-8(5-16)7-3-6(14)4-9(13)10(7)15-11/h3-5,15H,2H2,1H3. The molecule has 1 aromatic carbocycles. The van der Waals surface area contributed by atoms with Gasteiger partial charge in [-0.25, -0.2) is 9.18 Å². The van der Waals surface area contributed by atoms with E-state index in [2.05, 4.69) is 4.98 Å². The van der Waals surface area contributed by atoms with Gasteiger partial charge in [0.15, 0.2) is 6.29 Å². The summed E-state index contributed by atoms with van der Waals surface area (Å²) in [5.74, 6) is -1.25. The van der Waals surface area contributed by atoms with Gasteiger partial charge in [0.1, 0.15) is 11.5 Å². The van der Waals surface area contributed by atoms with Crippen LogP contribution < -0.4 is 0 Å². The molecule has 0 fully saturated rings. The van der Waals surface area contributed by atoms with E-state index in [1.54, 1.807) is 6.92 Å². The van der Waals surface area contributed by atoms with Gasteiger partial charge in [-0.05, 0) is 19.1 Å². The van der Waals surface area contributed by atoms with Crippen LogP contribution in [0.2, 0.25) is 5.02 Å². The first-order valence-corrected chi connectivity index (χ1v) is 5.59. The van der Waals surface area contributed by atoms with Crippen molar-refractivity contribution in [3.63, 3.8) is 0 Å². The van der Waals surface area contributed by atoms with Crippen molar-refractivity contribution in [1.82, 2.24) is 4.98 Å². The van der Waals surface area contributed by atoms with E-state index in [4.69, 9.17) is 16.3 Å². The molecule has 0 aliphatic rings. The van der Waals surface area contributed by atoms with E-state index >= 15 is 0 Å². The molecule has 0 saturated carbocycles. The van der Waals surface area contributed by atoms with Gasteiger partial charge in [-0.1, -0.05) is 11.6 Å². The molecule has 1 heterocycles. The highest BCUT2D eigenvalue weighted by molar-refractivity contribution is 6.35. The van der Waals surface area contributed by atoms with Crippen molar-refractivity contribution >= 4 is 34.8 Å². The molecule has 4 nitrogen and oxygen atoms in total. The number of ether oxygens (including phenoxy) is 1. The van der Waals surface area contributed by atoms with Crippen LogP contribution in [0.5, 0.6) is 0 Å². The van der Waals surface area contributed by atoms with Crippen molar-refractivity contribution in [2.75, 3.05) is 6.61 Å². The van der Waals surface area contributed by atoms with Gasteiger partial charge in [0, 0.05) is 5.39 Å². The number of halogens is 2. The Morgan fingerprint density at radius 2 is 2.28 bits per heavy atom. The summed E-state index contributed by atoms with van der Waals surface area (Å²) in [5, 5.41) is 0.363. The first kappa shape index (κ1) is 12.6. The Labute approximate surface area is 107 Å². The normalized spacial score (nSPS) is 10.6. The fourth-order valence-electron chi connectivity index (χ4n) is 1.73. The first-order chi connectivity index (χ1) is 8.58. The van der Waals surface area contributed by atoms with E-state index < -0.39 is 11.8 Å². The maximum Gasteiger partial charge on any atom is 0.355 e. The Kier molecular flexibility index (Phi) is 3.34. The highest BCUT2D eigenvalue weighted by Crippen LogP contribution is 2.28. The summed E-state index contributed by atoms with van der Waals surface area (Å²) in [6.07, 6.45) is 0.473. The number of nitrogens with one attached hydrogen (secondary N) is 1. The summed E-state index contributed by atoms with van der Waals surface area (Å²) >= 11 is 5.85. The van der Waals surface area contributed by atoms with Crippen LogP contribution >= 0.6 is 11.6 Å². The number of hydrogen-bond donors (Lipinski definition) is 1. The zero-order chi connectivity index (χ0) is 13.3. The van der Waals surface area contributed by atoms with Gasteiger partial charge < -0.3 is 9.72 Å². The van der Waals surface area contributed by atoms with E-state index in [0.717, 1.165) is 12.1 Å². The lowest BCUT2D eigenvalue weighted by Gasteiger charge is -1.98. The molecule has 94 valence electrons. The molecule has 0 unspecified atom stereocenters. The van der Waals surface area contributed by atoms with Crippen LogP contribution in [0.4, 0.5) is 4.39 Å². The Morgan fingerprint density at radius 3 is 2.89 bits per heavy atom. The molecule has 0 spiro atoms. The third-order valence-corrected chi connectivity index (χ3v) is 2.76. The Morgan fingerprint density at radius 1 is 1.56 bits per heavy atom. The molecule has 1 aromatic heterocycles. The maximum atomic E-state index is 13.2. The molecule has 0 aliphatic carbocycles. The Bertz CT molecular complexity index is 636. The molecule has 0 saturated heterocycles. The number of benzene rings is 1. The summed E-state index contributed by atoms with van der Waals surface area (Å²) in [4.78, 5) is 25.4. The third-order valence-electron chi connectivity index (χ3n) is 2.46. The first-order valence-electron chi connectivity index (χ1n) is 5.21. The van der Waals surface area contributed by atoms with Gasteiger partial charge in [0.05, 0.1) is 22.7 Å². The van der Waals surface area contributed by atoms with Crippen LogP contribution in [0.25, 0.3) is 10.9 Å². The lowest BCUT2D eigenvalue weighted by atomic mass is 10.1. The van der Waals surface area contributed by atoms with Crippen molar-refractivity contribution in [1.29, 1.82) is 0 Å². The number of rotatable bonds is 3. The summed E-state index contributed by atoms with van der Waals surface area (Å²) in [5.41, 5.74) is 0.363. The van der Waals surface area contributed by atoms with E-state index in [1.807, 2.05) is 0 Å². The molecule has 18 heavy (non-hydrogen) atoms. The molecule has 6 heteroatoms. The molecule has 2 rings (SSSR count). The number of esters is 1. The van der Waals surface area contributed by atoms with E-state index in [9.17, 15) is 14.0 Å². The average Bonchev–Trinajstić information content (AvgIpc) is 2.68. The molecule has 1 N–H and O–H groups in total. The topological polar surface area (TPSA) is 59.2 Å². The van der Waals surface area contributed by atoms with Crippen molar-refractivity contribution in [3.8, 4) is 0 Å². The van der Waals surface area contributed by atoms with E-state index in [1.165, 1.54) is 0 Å². The number of H-pyrrole nitrogens is 1. The highest BCUT2D eigenvalue weighted by Gasteiger charge is 2.20. The van der Waals surface area contributed by atoms with Crippen LogP contribution in [-0.4, -0.2) is 23.8 Å². The second-order valence-electron chi connectivity index (χ2n) is 3.56. The predicted molar refractivity (Wildman–Crippen MR) is 64.6 cm³/mol. The molecule has 0 amide bonds. The van der Waals surface area contributed by atoms with Crippen molar-refractivity contribution in [2.24, 2.45) is 0 Å². The minimum Gasteiger partial charge on any atom is -0.461 e. The van der Waals surface area contributed by atoms with Crippen molar-refractivity contribution in [3.05, 3.63) is 34.2 Å². The van der Waals surface area contributed by atoms with Gasteiger partial charge in [-0.3, -0.25) is 4.79 Å². The zero-order valence-electron chi connectivity index (χ0n) is 9.42. The summed E-state index contributed by atoms with van der Waals surface area (Å²) in [6, 6.07) is 2.24. The van der Waals surface area contributed by atoms with Crippen LogP contribution in [0, 0.1) is 5.82 Å². The minimum absolute atomic E-state index is 0.0191. The fourth-order valence-corrected chi connectivity index (χ4v) is 1.98. The van der Waals surface area contributed by atoms with Crippen LogP contribution in [0.3, 0.4) is 0 Å². The molecule has 0 atom stereocenters. The molecule has 2 aromatic rings. The van der Waals surface area contributed by atoms with Crippen molar-refractivity contribution in [2.45, 2.75) is 6.92 Å². The fraction of sp³-hybridized carbons (Fsp3) is 0.167. The predicted octanol–water partition coefficient (Wildman–Crippen LogP) is 2.95. The molecule has 0 bridgehead atoms. The minimum atomic E-state index is -0.674. The number of carbonyl (C=O) groups excluding carboxylic acids is 2. The van der Waals surface area contributed by atoms with Gasteiger partial charge in [0.25, 0.3) is 0 Å². The van der Waals surface area contributed by atoms with Gasteiger partial charge in [0.2, 0.25) is 0 Å².